The van der Waals surface area contributed by atoms with E-state index < -0.39 is 5.41 Å². The zero-order valence-corrected chi connectivity index (χ0v) is 12.1. The smallest absolute Gasteiger partial charge is 0.240 e. The van der Waals surface area contributed by atoms with Gasteiger partial charge in [-0.1, -0.05) is 13.3 Å². The minimum Gasteiger partial charge on any atom is -0.352 e. The summed E-state index contributed by atoms with van der Waals surface area (Å²) in [6, 6.07) is 2.52. The fraction of sp³-hybridized carbons (Fsp3) is 0.857. The maximum absolute atomic E-state index is 12.2. The van der Waals surface area contributed by atoms with E-state index in [1.165, 1.54) is 12.8 Å². The van der Waals surface area contributed by atoms with Crippen LogP contribution >= 0.6 is 11.8 Å². The molecule has 0 saturated heterocycles. The fourth-order valence-corrected chi connectivity index (χ4v) is 4.10. The standard InChI is InChI=1S/C14H22N2OS/c1-10-7-14(8-10,9-15)13(17)16-11-4-3-5-12(6-11)18-2/h10-12H,3-8H2,1-2H3,(H,16,17). The first-order valence-corrected chi connectivity index (χ1v) is 8.13. The molecule has 3 nitrogen and oxygen atoms in total. The zero-order chi connectivity index (χ0) is 13.2. The molecule has 0 bridgehead atoms. The van der Waals surface area contributed by atoms with Gasteiger partial charge in [0.15, 0.2) is 0 Å². The van der Waals surface area contributed by atoms with Gasteiger partial charge in [0.2, 0.25) is 5.91 Å². The van der Waals surface area contributed by atoms with E-state index in [1.54, 1.807) is 0 Å². The summed E-state index contributed by atoms with van der Waals surface area (Å²) >= 11 is 1.89. The molecule has 0 aromatic rings. The van der Waals surface area contributed by atoms with Crippen molar-refractivity contribution in [1.29, 1.82) is 5.26 Å². The monoisotopic (exact) mass is 266 g/mol. The van der Waals surface area contributed by atoms with E-state index in [9.17, 15) is 10.1 Å². The van der Waals surface area contributed by atoms with Gasteiger partial charge in [0.1, 0.15) is 5.41 Å². The second-order valence-electron chi connectivity index (χ2n) is 5.90. The number of rotatable bonds is 3. The van der Waals surface area contributed by atoms with E-state index in [1.807, 2.05) is 11.8 Å². The molecule has 0 spiro atoms. The topological polar surface area (TPSA) is 52.9 Å². The van der Waals surface area contributed by atoms with E-state index >= 15 is 0 Å². The fourth-order valence-electron chi connectivity index (χ4n) is 3.27. The summed E-state index contributed by atoms with van der Waals surface area (Å²) < 4.78 is 0. The summed E-state index contributed by atoms with van der Waals surface area (Å²) in [7, 11) is 0. The van der Waals surface area contributed by atoms with Crippen LogP contribution in [0.15, 0.2) is 0 Å². The van der Waals surface area contributed by atoms with Crippen molar-refractivity contribution in [1.82, 2.24) is 5.32 Å². The molecule has 2 aliphatic rings. The van der Waals surface area contributed by atoms with Gasteiger partial charge in [0.25, 0.3) is 0 Å². The van der Waals surface area contributed by atoms with Crippen LogP contribution in [-0.4, -0.2) is 23.5 Å². The minimum atomic E-state index is -0.717. The highest BCUT2D eigenvalue weighted by molar-refractivity contribution is 7.99. The third-order valence-electron chi connectivity index (χ3n) is 4.34. The van der Waals surface area contributed by atoms with Gasteiger partial charge in [0.05, 0.1) is 6.07 Å². The third kappa shape index (κ3) is 2.66. The second-order valence-corrected chi connectivity index (χ2v) is 7.04. The van der Waals surface area contributed by atoms with E-state index in [0.717, 1.165) is 25.7 Å². The molecule has 0 aliphatic heterocycles. The first-order chi connectivity index (χ1) is 8.59. The van der Waals surface area contributed by atoms with E-state index in [2.05, 4.69) is 24.6 Å². The lowest BCUT2D eigenvalue weighted by atomic mass is 9.63. The molecule has 100 valence electrons. The van der Waals surface area contributed by atoms with Gasteiger partial charge in [-0.3, -0.25) is 4.79 Å². The van der Waals surface area contributed by atoms with Crippen LogP contribution in [0, 0.1) is 22.7 Å². The van der Waals surface area contributed by atoms with Gasteiger partial charge in [-0.25, -0.2) is 0 Å². The number of thioether (sulfide) groups is 1. The van der Waals surface area contributed by atoms with Gasteiger partial charge in [-0.15, -0.1) is 0 Å². The Labute approximate surface area is 114 Å². The summed E-state index contributed by atoms with van der Waals surface area (Å²) in [5, 5.41) is 13.0. The maximum atomic E-state index is 12.2. The molecular weight excluding hydrogens is 244 g/mol. The highest BCUT2D eigenvalue weighted by Gasteiger charge is 2.49. The lowest BCUT2D eigenvalue weighted by molar-refractivity contribution is -0.134. The predicted molar refractivity (Wildman–Crippen MR) is 74.1 cm³/mol. The number of hydrogen-bond donors (Lipinski definition) is 1. The van der Waals surface area contributed by atoms with Crippen molar-refractivity contribution in [3.05, 3.63) is 0 Å². The van der Waals surface area contributed by atoms with Crippen LogP contribution in [0.3, 0.4) is 0 Å². The van der Waals surface area contributed by atoms with Gasteiger partial charge >= 0.3 is 0 Å². The van der Waals surface area contributed by atoms with E-state index in [-0.39, 0.29) is 11.9 Å². The lowest BCUT2D eigenvalue weighted by Crippen LogP contribution is -2.51. The Morgan fingerprint density at radius 3 is 2.72 bits per heavy atom. The van der Waals surface area contributed by atoms with E-state index in [0.29, 0.717) is 11.2 Å². The average molecular weight is 266 g/mol. The molecule has 0 radical (unpaired) electrons. The second kappa shape index (κ2) is 5.52. The van der Waals surface area contributed by atoms with Gasteiger partial charge < -0.3 is 5.32 Å². The predicted octanol–water partition coefficient (Wildman–Crippen LogP) is 2.72. The van der Waals surface area contributed by atoms with Crippen LogP contribution in [0.4, 0.5) is 0 Å². The Hall–Kier alpha value is -0.690. The molecular formula is C14H22N2OS. The number of amides is 1. The Bertz CT molecular complexity index is 357. The highest BCUT2D eigenvalue weighted by atomic mass is 32.2. The van der Waals surface area contributed by atoms with Crippen molar-refractivity contribution in [2.24, 2.45) is 11.3 Å². The molecule has 0 heterocycles. The number of carbonyl (C=O) groups excluding carboxylic acids is 1. The van der Waals surface area contributed by atoms with Gasteiger partial charge in [0, 0.05) is 11.3 Å². The number of carbonyl (C=O) groups is 1. The van der Waals surface area contributed by atoms with Crippen molar-refractivity contribution >= 4 is 17.7 Å². The van der Waals surface area contributed by atoms with Crippen LogP contribution < -0.4 is 5.32 Å². The van der Waals surface area contributed by atoms with Gasteiger partial charge in [-0.05, 0) is 44.3 Å². The highest BCUT2D eigenvalue weighted by Crippen LogP contribution is 2.45. The summed E-state index contributed by atoms with van der Waals surface area (Å²) in [5.41, 5.74) is -0.717. The van der Waals surface area contributed by atoms with Crippen LogP contribution in [0.1, 0.15) is 45.4 Å². The molecule has 0 aromatic heterocycles. The first kappa shape index (κ1) is 13.7. The van der Waals surface area contributed by atoms with Crippen molar-refractivity contribution in [2.75, 3.05) is 6.26 Å². The summed E-state index contributed by atoms with van der Waals surface area (Å²) in [4.78, 5) is 12.2. The molecule has 0 aromatic carbocycles. The quantitative estimate of drug-likeness (QED) is 0.854. The molecule has 2 saturated carbocycles. The lowest BCUT2D eigenvalue weighted by Gasteiger charge is -2.40. The molecule has 1 N–H and O–H groups in total. The SMILES string of the molecule is CSC1CCCC(NC(=O)C2(C#N)CC(C)C2)C1. The first-order valence-electron chi connectivity index (χ1n) is 6.84. The molecule has 18 heavy (non-hydrogen) atoms. The summed E-state index contributed by atoms with van der Waals surface area (Å²) in [5.74, 6) is 0.496. The summed E-state index contributed by atoms with van der Waals surface area (Å²) in [6.45, 7) is 2.10. The third-order valence-corrected chi connectivity index (χ3v) is 5.43. The normalized spacial score (nSPS) is 39.5. The van der Waals surface area contributed by atoms with Crippen molar-refractivity contribution in [3.63, 3.8) is 0 Å². The number of nitrogens with one attached hydrogen (secondary N) is 1. The molecule has 1 amide bonds. The molecule has 2 unspecified atom stereocenters. The van der Waals surface area contributed by atoms with Crippen molar-refractivity contribution in [2.45, 2.75) is 56.7 Å². The zero-order valence-electron chi connectivity index (χ0n) is 11.2. The van der Waals surface area contributed by atoms with Crippen LogP contribution in [0.2, 0.25) is 0 Å². The van der Waals surface area contributed by atoms with Crippen LogP contribution in [0.5, 0.6) is 0 Å². The summed E-state index contributed by atoms with van der Waals surface area (Å²) in [6.07, 6.45) is 8.17. The van der Waals surface area contributed by atoms with Gasteiger partial charge in [-0.2, -0.15) is 17.0 Å². The minimum absolute atomic E-state index is 0.0187. The molecule has 2 rings (SSSR count). The number of nitriles is 1. The number of hydrogen-bond acceptors (Lipinski definition) is 3. The maximum Gasteiger partial charge on any atom is 0.240 e. The molecule has 4 heteroatoms. The van der Waals surface area contributed by atoms with Crippen LogP contribution in [-0.2, 0) is 4.79 Å². The Morgan fingerprint density at radius 1 is 1.44 bits per heavy atom. The molecule has 2 atom stereocenters. The number of nitrogens with zero attached hydrogens (tertiary/aromatic N) is 1. The Morgan fingerprint density at radius 2 is 2.17 bits per heavy atom. The Balaban J connectivity index is 1.89. The largest absolute Gasteiger partial charge is 0.352 e. The average Bonchev–Trinajstić information content (AvgIpc) is 2.34. The van der Waals surface area contributed by atoms with Crippen molar-refractivity contribution < 1.29 is 4.79 Å². The van der Waals surface area contributed by atoms with Crippen molar-refractivity contribution in [3.8, 4) is 6.07 Å². The molecule has 2 fully saturated rings. The Kier molecular flexibility index (Phi) is 4.21. The molecule has 2 aliphatic carbocycles. The van der Waals surface area contributed by atoms with Crippen LogP contribution in [0.25, 0.3) is 0 Å². The van der Waals surface area contributed by atoms with E-state index in [4.69, 9.17) is 0 Å².